The highest BCUT2D eigenvalue weighted by molar-refractivity contribution is 5.85. The van der Waals surface area contributed by atoms with Crippen molar-refractivity contribution in [3.8, 4) is 0 Å². The van der Waals surface area contributed by atoms with E-state index in [1.807, 2.05) is 6.08 Å². The van der Waals surface area contributed by atoms with Gasteiger partial charge >= 0.3 is 0 Å². The van der Waals surface area contributed by atoms with E-state index >= 15 is 0 Å². The van der Waals surface area contributed by atoms with Gasteiger partial charge in [-0.05, 0) is 12.0 Å². The number of halogens is 1. The normalized spacial score (nSPS) is 17.4. The lowest BCUT2D eigenvalue weighted by Gasteiger charge is -2.24. The molecule has 3 nitrogen and oxygen atoms in total. The molecule has 0 aromatic heterocycles. The molecule has 0 atom stereocenters. The molecule has 1 aliphatic heterocycles. The van der Waals surface area contributed by atoms with Gasteiger partial charge in [-0.1, -0.05) is 17.3 Å². The highest BCUT2D eigenvalue weighted by Gasteiger charge is 2.09. The van der Waals surface area contributed by atoms with Gasteiger partial charge in [-0.2, -0.15) is 0 Å². The third-order valence-electron chi connectivity index (χ3n) is 1.97. The average molecular weight is 217 g/mol. The lowest BCUT2D eigenvalue weighted by Crippen LogP contribution is -2.30. The zero-order valence-corrected chi connectivity index (χ0v) is 9.30. The Hall–Kier alpha value is -0.800. The molecule has 14 heavy (non-hydrogen) atoms. The second kappa shape index (κ2) is 7.59. The first-order valence-electron chi connectivity index (χ1n) is 4.45. The maximum absolute atomic E-state index is 4.63. The van der Waals surface area contributed by atoms with E-state index in [2.05, 4.69) is 27.5 Å². The van der Waals surface area contributed by atoms with Crippen LogP contribution >= 0.6 is 12.4 Å². The van der Waals surface area contributed by atoms with E-state index in [0.29, 0.717) is 0 Å². The number of nitrogens with zero attached hydrogens (tertiary/aromatic N) is 2. The molecule has 80 valence electrons. The van der Waals surface area contributed by atoms with E-state index < -0.39 is 0 Å². The predicted octanol–water partition coefficient (Wildman–Crippen LogP) is 1.86. The quantitative estimate of drug-likeness (QED) is 0.407. The number of hydrogen-bond donors (Lipinski definition) is 0. The minimum absolute atomic E-state index is 0. The Balaban J connectivity index is 0.00000169. The van der Waals surface area contributed by atoms with Crippen LogP contribution in [0.2, 0.25) is 0 Å². The van der Waals surface area contributed by atoms with E-state index in [-0.39, 0.29) is 12.4 Å². The molecule has 0 saturated carbocycles. The van der Waals surface area contributed by atoms with Crippen molar-refractivity contribution in [1.82, 2.24) is 4.90 Å². The van der Waals surface area contributed by atoms with Crippen LogP contribution in [0.1, 0.15) is 6.42 Å². The first-order valence-corrected chi connectivity index (χ1v) is 4.45. The largest absolute Gasteiger partial charge is 0.399 e. The van der Waals surface area contributed by atoms with E-state index in [0.717, 1.165) is 26.1 Å². The second-order valence-corrected chi connectivity index (χ2v) is 3.01. The molecule has 0 bridgehead atoms. The van der Waals surface area contributed by atoms with Crippen LogP contribution in [0.3, 0.4) is 0 Å². The van der Waals surface area contributed by atoms with Crippen molar-refractivity contribution in [2.45, 2.75) is 6.42 Å². The SMILES string of the molecule is C=CCN1CCC=C(/C=N/OC)C1.Cl. The molecule has 0 aromatic carbocycles. The maximum atomic E-state index is 4.63. The monoisotopic (exact) mass is 216 g/mol. The molecular formula is C10H17ClN2O. The van der Waals surface area contributed by atoms with Crippen LogP contribution in [-0.2, 0) is 4.84 Å². The highest BCUT2D eigenvalue weighted by Crippen LogP contribution is 2.07. The lowest BCUT2D eigenvalue weighted by atomic mass is 10.1. The third-order valence-corrected chi connectivity index (χ3v) is 1.97. The molecule has 4 heteroatoms. The van der Waals surface area contributed by atoms with Crippen LogP contribution in [-0.4, -0.2) is 37.9 Å². The van der Waals surface area contributed by atoms with Gasteiger partial charge in [0.15, 0.2) is 0 Å². The highest BCUT2D eigenvalue weighted by atomic mass is 35.5. The molecule has 0 amide bonds. The summed E-state index contributed by atoms with van der Waals surface area (Å²) in [4.78, 5) is 6.95. The lowest BCUT2D eigenvalue weighted by molar-refractivity contribution is 0.215. The van der Waals surface area contributed by atoms with Gasteiger partial charge < -0.3 is 4.84 Å². The summed E-state index contributed by atoms with van der Waals surface area (Å²) in [6.45, 7) is 6.72. The van der Waals surface area contributed by atoms with Crippen molar-refractivity contribution >= 4 is 18.6 Å². The van der Waals surface area contributed by atoms with Gasteiger partial charge in [0, 0.05) is 19.6 Å². The van der Waals surface area contributed by atoms with E-state index in [9.17, 15) is 0 Å². The van der Waals surface area contributed by atoms with Crippen molar-refractivity contribution in [2.24, 2.45) is 5.16 Å². The summed E-state index contributed by atoms with van der Waals surface area (Å²) in [6, 6.07) is 0. The van der Waals surface area contributed by atoms with Gasteiger partial charge in [0.05, 0.1) is 6.21 Å². The van der Waals surface area contributed by atoms with E-state index in [1.165, 1.54) is 5.57 Å². The van der Waals surface area contributed by atoms with Crippen molar-refractivity contribution in [2.75, 3.05) is 26.7 Å². The predicted molar refractivity (Wildman–Crippen MR) is 62.1 cm³/mol. The maximum Gasteiger partial charge on any atom is 0.106 e. The summed E-state index contributed by atoms with van der Waals surface area (Å²) in [5.41, 5.74) is 1.22. The first kappa shape index (κ1) is 13.2. The summed E-state index contributed by atoms with van der Waals surface area (Å²) in [7, 11) is 1.56. The number of hydrogen-bond acceptors (Lipinski definition) is 3. The van der Waals surface area contributed by atoms with Gasteiger partial charge in [0.1, 0.15) is 7.11 Å². The summed E-state index contributed by atoms with van der Waals surface area (Å²) in [5, 5.41) is 3.74. The van der Waals surface area contributed by atoms with Crippen LogP contribution < -0.4 is 0 Å². The first-order chi connectivity index (χ1) is 6.36. The molecule has 0 N–H and O–H groups in total. The number of rotatable bonds is 4. The molecule has 0 unspecified atom stereocenters. The van der Waals surface area contributed by atoms with Crippen LogP contribution in [0.4, 0.5) is 0 Å². The molecule has 0 radical (unpaired) electrons. The molecular weight excluding hydrogens is 200 g/mol. The fourth-order valence-electron chi connectivity index (χ4n) is 1.39. The van der Waals surface area contributed by atoms with Crippen LogP contribution in [0.15, 0.2) is 29.5 Å². The smallest absolute Gasteiger partial charge is 0.106 e. The zero-order chi connectivity index (χ0) is 9.52. The summed E-state index contributed by atoms with van der Waals surface area (Å²) < 4.78 is 0. The Labute approximate surface area is 91.5 Å². The molecule has 0 aromatic rings. The Bertz CT molecular complexity index is 226. The van der Waals surface area contributed by atoms with Gasteiger partial charge in [-0.15, -0.1) is 19.0 Å². The second-order valence-electron chi connectivity index (χ2n) is 3.01. The minimum Gasteiger partial charge on any atom is -0.399 e. The van der Waals surface area contributed by atoms with Gasteiger partial charge in [-0.3, -0.25) is 4.90 Å². The van der Waals surface area contributed by atoms with Gasteiger partial charge in [-0.25, -0.2) is 0 Å². The van der Waals surface area contributed by atoms with Crippen LogP contribution in [0.5, 0.6) is 0 Å². The fraction of sp³-hybridized carbons (Fsp3) is 0.500. The minimum atomic E-state index is 0. The Morgan fingerprint density at radius 1 is 1.71 bits per heavy atom. The van der Waals surface area contributed by atoms with Crippen LogP contribution in [0, 0.1) is 0 Å². The van der Waals surface area contributed by atoms with Crippen molar-refractivity contribution in [3.05, 3.63) is 24.3 Å². The van der Waals surface area contributed by atoms with Gasteiger partial charge in [0.2, 0.25) is 0 Å². The average Bonchev–Trinajstić information content (AvgIpc) is 2.16. The third kappa shape index (κ3) is 4.44. The molecule has 0 fully saturated rings. The van der Waals surface area contributed by atoms with E-state index in [4.69, 9.17) is 0 Å². The van der Waals surface area contributed by atoms with E-state index in [1.54, 1.807) is 13.3 Å². The summed E-state index contributed by atoms with van der Waals surface area (Å²) >= 11 is 0. The molecule has 0 aliphatic carbocycles. The standard InChI is InChI=1S/C10H16N2O.ClH/c1-3-6-12-7-4-5-10(9-12)8-11-13-2;/h3,5,8H,1,4,6-7,9H2,2H3;1H/b11-8+;. The van der Waals surface area contributed by atoms with Crippen molar-refractivity contribution in [3.63, 3.8) is 0 Å². The molecule has 0 saturated heterocycles. The summed E-state index contributed by atoms with van der Waals surface area (Å²) in [6.07, 6.45) is 6.98. The Morgan fingerprint density at radius 2 is 2.50 bits per heavy atom. The van der Waals surface area contributed by atoms with Crippen molar-refractivity contribution in [1.29, 1.82) is 0 Å². The topological polar surface area (TPSA) is 24.8 Å². The Kier molecular flexibility index (Phi) is 7.16. The molecule has 1 rings (SSSR count). The molecule has 0 spiro atoms. The van der Waals surface area contributed by atoms with Crippen LogP contribution in [0.25, 0.3) is 0 Å². The molecule has 1 heterocycles. The van der Waals surface area contributed by atoms with Gasteiger partial charge in [0.25, 0.3) is 0 Å². The Morgan fingerprint density at radius 3 is 3.14 bits per heavy atom. The summed E-state index contributed by atoms with van der Waals surface area (Å²) in [5.74, 6) is 0. The zero-order valence-electron chi connectivity index (χ0n) is 8.48. The van der Waals surface area contributed by atoms with Crippen molar-refractivity contribution < 1.29 is 4.84 Å². The molecule has 1 aliphatic rings. The number of oxime groups is 1. The fourth-order valence-corrected chi connectivity index (χ4v) is 1.39.